The van der Waals surface area contributed by atoms with Gasteiger partial charge in [-0.1, -0.05) is 112 Å². The van der Waals surface area contributed by atoms with Gasteiger partial charge < -0.3 is 24.1 Å². The second-order valence-electron chi connectivity index (χ2n) is 12.2. The predicted octanol–water partition coefficient (Wildman–Crippen LogP) is 4.46. The molecule has 40 heavy (non-hydrogen) atoms. The van der Waals surface area contributed by atoms with Crippen LogP contribution in [0.4, 0.5) is 0 Å². The van der Waals surface area contributed by atoms with Crippen molar-refractivity contribution in [2.45, 2.75) is 71.5 Å². The van der Waals surface area contributed by atoms with Crippen molar-refractivity contribution in [1.29, 1.82) is 0 Å². The number of aliphatic hydroxyl groups excluding tert-OH is 2. The van der Waals surface area contributed by atoms with Crippen LogP contribution in [0.5, 0.6) is 0 Å². The Bertz CT molecular complexity index is 1130. The molecule has 0 saturated carbocycles. The fourth-order valence-electron chi connectivity index (χ4n) is 4.78. The van der Waals surface area contributed by atoms with E-state index in [-0.39, 0.29) is 24.9 Å². The standard InChI is InChI=1S/C33H44O6Si/c1-32(2,3)31(36)38-23-28(34)30(37-22-25-16-10-7-11-17-25)29(35)24-39-40(33(4,5)6,26-18-12-8-13-19-26)27-20-14-9-15-21-27/h7-21,28-30,34-35H,22-24H2,1-6H3/t28-,29-,30+/m1/s1. The quantitative estimate of drug-likeness (QED) is 0.250. The number of benzene rings is 3. The summed E-state index contributed by atoms with van der Waals surface area (Å²) < 4.78 is 18.3. The Hall–Kier alpha value is -2.81. The van der Waals surface area contributed by atoms with E-state index in [9.17, 15) is 15.0 Å². The molecule has 0 fully saturated rings. The second-order valence-corrected chi connectivity index (χ2v) is 16.5. The Kier molecular flexibility index (Phi) is 10.9. The first-order valence-corrected chi connectivity index (χ1v) is 15.7. The minimum atomic E-state index is -2.92. The van der Waals surface area contributed by atoms with Gasteiger partial charge in [0.1, 0.15) is 24.9 Å². The first kappa shape index (κ1) is 31.7. The Morgan fingerprint density at radius 3 is 1.62 bits per heavy atom. The largest absolute Gasteiger partial charge is 0.462 e. The normalized spacial score (nSPS) is 14.8. The van der Waals surface area contributed by atoms with Gasteiger partial charge in [0.05, 0.1) is 18.6 Å². The van der Waals surface area contributed by atoms with Crippen molar-refractivity contribution >= 4 is 24.7 Å². The molecular weight excluding hydrogens is 520 g/mol. The molecule has 0 aliphatic heterocycles. The molecule has 3 aromatic carbocycles. The van der Waals surface area contributed by atoms with Crippen molar-refractivity contribution in [2.75, 3.05) is 13.2 Å². The van der Waals surface area contributed by atoms with Crippen LogP contribution in [0, 0.1) is 5.41 Å². The van der Waals surface area contributed by atoms with Gasteiger partial charge in [-0.3, -0.25) is 4.79 Å². The number of hydrogen-bond acceptors (Lipinski definition) is 6. The third-order valence-corrected chi connectivity index (χ3v) is 11.9. The molecule has 0 saturated heterocycles. The van der Waals surface area contributed by atoms with E-state index in [1.165, 1.54) is 0 Å². The Morgan fingerprint density at radius 2 is 1.18 bits per heavy atom. The van der Waals surface area contributed by atoms with E-state index >= 15 is 0 Å². The van der Waals surface area contributed by atoms with Gasteiger partial charge in [0.15, 0.2) is 0 Å². The summed E-state index contributed by atoms with van der Waals surface area (Å²) in [5.41, 5.74) is 0.178. The summed E-state index contributed by atoms with van der Waals surface area (Å²) >= 11 is 0. The lowest BCUT2D eigenvalue weighted by molar-refractivity contribution is -0.166. The highest BCUT2D eigenvalue weighted by Crippen LogP contribution is 2.37. The van der Waals surface area contributed by atoms with Crippen molar-refractivity contribution in [1.82, 2.24) is 0 Å². The number of ether oxygens (including phenoxy) is 2. The number of carbonyl (C=O) groups is 1. The zero-order valence-corrected chi connectivity index (χ0v) is 25.5. The average Bonchev–Trinajstić information content (AvgIpc) is 2.92. The fourth-order valence-corrected chi connectivity index (χ4v) is 9.36. The zero-order chi connectivity index (χ0) is 29.4. The van der Waals surface area contributed by atoms with E-state index in [1.54, 1.807) is 20.8 Å². The number of carbonyl (C=O) groups excluding carboxylic acids is 1. The number of aliphatic hydroxyl groups is 2. The highest BCUT2D eigenvalue weighted by Gasteiger charge is 2.50. The van der Waals surface area contributed by atoms with Crippen molar-refractivity contribution in [3.8, 4) is 0 Å². The maximum atomic E-state index is 12.4. The van der Waals surface area contributed by atoms with E-state index in [4.69, 9.17) is 13.9 Å². The molecule has 6 nitrogen and oxygen atoms in total. The molecule has 7 heteroatoms. The van der Waals surface area contributed by atoms with Crippen LogP contribution in [0.3, 0.4) is 0 Å². The second kappa shape index (κ2) is 13.7. The van der Waals surface area contributed by atoms with Crippen molar-refractivity contribution < 1.29 is 28.9 Å². The van der Waals surface area contributed by atoms with Gasteiger partial charge in [0, 0.05) is 0 Å². The third-order valence-electron chi connectivity index (χ3n) is 6.93. The van der Waals surface area contributed by atoms with Gasteiger partial charge in [-0.25, -0.2) is 0 Å². The van der Waals surface area contributed by atoms with E-state index in [0.29, 0.717) is 0 Å². The molecule has 0 heterocycles. The summed E-state index contributed by atoms with van der Waals surface area (Å²) in [6.45, 7) is 11.5. The maximum absolute atomic E-state index is 12.4. The van der Waals surface area contributed by atoms with E-state index < -0.39 is 38.0 Å². The Balaban J connectivity index is 1.90. The Labute approximate surface area is 240 Å². The molecule has 0 aromatic heterocycles. The van der Waals surface area contributed by atoms with Crippen LogP contribution in [0.25, 0.3) is 0 Å². The van der Waals surface area contributed by atoms with E-state index in [1.807, 2.05) is 66.7 Å². The maximum Gasteiger partial charge on any atom is 0.311 e. The molecule has 0 amide bonds. The molecule has 3 aromatic rings. The predicted molar refractivity (Wildman–Crippen MR) is 161 cm³/mol. The SMILES string of the molecule is CC(C)(C)C(=O)OC[C@@H](O)[C@H](OCc1ccccc1)[C@H](O)CO[Si](c1ccccc1)(c1ccccc1)C(C)(C)C. The van der Waals surface area contributed by atoms with Crippen molar-refractivity contribution in [3.05, 3.63) is 96.6 Å². The molecule has 0 radical (unpaired) electrons. The zero-order valence-electron chi connectivity index (χ0n) is 24.5. The van der Waals surface area contributed by atoms with E-state index in [0.717, 1.165) is 15.9 Å². The third kappa shape index (κ3) is 7.89. The topological polar surface area (TPSA) is 85.2 Å². The monoisotopic (exact) mass is 564 g/mol. The summed E-state index contributed by atoms with van der Waals surface area (Å²) in [6, 6.07) is 29.9. The molecular formula is C33H44O6Si. The van der Waals surface area contributed by atoms with Crippen LogP contribution in [0.15, 0.2) is 91.0 Å². The summed E-state index contributed by atoms with van der Waals surface area (Å²) in [7, 11) is -2.92. The summed E-state index contributed by atoms with van der Waals surface area (Å²) in [5.74, 6) is -0.439. The molecule has 0 unspecified atom stereocenters. The first-order chi connectivity index (χ1) is 18.9. The highest BCUT2D eigenvalue weighted by molar-refractivity contribution is 6.99. The average molecular weight is 565 g/mol. The molecule has 2 N–H and O–H groups in total. The molecule has 216 valence electrons. The summed E-state index contributed by atoms with van der Waals surface area (Å²) in [5, 5.41) is 24.5. The summed E-state index contributed by atoms with van der Waals surface area (Å²) in [6.07, 6.45) is -3.49. The molecule has 3 atom stereocenters. The lowest BCUT2D eigenvalue weighted by Crippen LogP contribution is -2.67. The molecule has 0 aliphatic rings. The molecule has 0 spiro atoms. The van der Waals surface area contributed by atoms with Gasteiger partial charge in [-0.2, -0.15) is 0 Å². The molecule has 0 aliphatic carbocycles. The summed E-state index contributed by atoms with van der Waals surface area (Å²) in [4.78, 5) is 12.4. The van der Waals surface area contributed by atoms with Gasteiger partial charge in [-0.05, 0) is 41.7 Å². The van der Waals surface area contributed by atoms with Crippen LogP contribution in [-0.2, 0) is 25.3 Å². The lowest BCUT2D eigenvalue weighted by Gasteiger charge is -2.44. The van der Waals surface area contributed by atoms with Crippen LogP contribution < -0.4 is 10.4 Å². The number of rotatable bonds is 12. The van der Waals surface area contributed by atoms with Crippen LogP contribution in [0.2, 0.25) is 5.04 Å². The van der Waals surface area contributed by atoms with Crippen LogP contribution in [-0.4, -0.2) is 56.0 Å². The minimum absolute atomic E-state index is 0.0724. The molecule has 0 bridgehead atoms. The van der Waals surface area contributed by atoms with Crippen molar-refractivity contribution in [2.24, 2.45) is 5.41 Å². The van der Waals surface area contributed by atoms with Gasteiger partial charge in [0.25, 0.3) is 8.32 Å². The van der Waals surface area contributed by atoms with Crippen LogP contribution in [0.1, 0.15) is 47.1 Å². The highest BCUT2D eigenvalue weighted by atomic mass is 28.4. The van der Waals surface area contributed by atoms with Crippen molar-refractivity contribution in [3.63, 3.8) is 0 Å². The van der Waals surface area contributed by atoms with Gasteiger partial charge >= 0.3 is 5.97 Å². The fraction of sp³-hybridized carbons (Fsp3) is 0.424. The molecule has 3 rings (SSSR count). The van der Waals surface area contributed by atoms with Gasteiger partial charge in [0.2, 0.25) is 0 Å². The lowest BCUT2D eigenvalue weighted by atomic mass is 9.97. The Morgan fingerprint density at radius 1 is 0.725 bits per heavy atom. The number of hydrogen-bond donors (Lipinski definition) is 2. The number of esters is 1. The minimum Gasteiger partial charge on any atom is -0.462 e. The van der Waals surface area contributed by atoms with Crippen LogP contribution >= 0.6 is 0 Å². The smallest absolute Gasteiger partial charge is 0.311 e. The van der Waals surface area contributed by atoms with E-state index in [2.05, 4.69) is 45.0 Å². The van der Waals surface area contributed by atoms with Gasteiger partial charge in [-0.15, -0.1) is 0 Å². The first-order valence-electron chi connectivity index (χ1n) is 13.8.